The van der Waals surface area contributed by atoms with Gasteiger partial charge in [0.25, 0.3) is 0 Å². The molecule has 0 radical (unpaired) electrons. The minimum atomic E-state index is -1.28. The molecule has 0 aliphatic rings. The van der Waals surface area contributed by atoms with Gasteiger partial charge in [0.05, 0.1) is 9.90 Å². The third-order valence-electron chi connectivity index (χ3n) is 2.42. The summed E-state index contributed by atoms with van der Waals surface area (Å²) in [6.45, 7) is 2.99. The van der Waals surface area contributed by atoms with Crippen LogP contribution in [-0.2, 0) is 10.3 Å². The van der Waals surface area contributed by atoms with E-state index in [1.54, 1.807) is 6.07 Å². The highest BCUT2D eigenvalue weighted by Crippen LogP contribution is 2.38. The molecule has 0 atom stereocenters. The van der Waals surface area contributed by atoms with E-state index in [2.05, 4.69) is 15.5 Å². The minimum absolute atomic E-state index is 0.274. The van der Waals surface area contributed by atoms with Gasteiger partial charge in [-0.05, 0) is 30.3 Å². The molecule has 0 aliphatic carbocycles. The Hall–Kier alpha value is -1.18. The number of nitrogens with zero attached hydrogens (tertiary/aromatic N) is 4. The molecule has 18 heavy (non-hydrogen) atoms. The van der Waals surface area contributed by atoms with Crippen molar-refractivity contribution < 1.29 is 9.90 Å². The van der Waals surface area contributed by atoms with E-state index >= 15 is 0 Å². The summed E-state index contributed by atoms with van der Waals surface area (Å²) in [5.74, 6) is -0.774. The van der Waals surface area contributed by atoms with Crippen LogP contribution in [0.3, 0.4) is 0 Å². The van der Waals surface area contributed by atoms with E-state index in [0.717, 1.165) is 0 Å². The molecule has 1 N–H and O–H groups in total. The molecule has 2 heterocycles. The van der Waals surface area contributed by atoms with Crippen molar-refractivity contribution in [3.63, 3.8) is 0 Å². The number of halogens is 2. The normalized spacial score (nSPS) is 11.8. The van der Waals surface area contributed by atoms with Gasteiger partial charge in [-0.25, -0.2) is 9.48 Å². The predicted octanol–water partition coefficient (Wildman–Crippen LogP) is 2.53. The SMILES string of the molecule is CC(C)(C(=O)O)n1nnnc1-c1cc(Cl)sc1Cl. The second kappa shape index (κ2) is 4.49. The van der Waals surface area contributed by atoms with E-state index in [4.69, 9.17) is 23.2 Å². The zero-order valence-corrected chi connectivity index (χ0v) is 11.7. The number of carboxylic acids is 1. The van der Waals surface area contributed by atoms with E-state index in [9.17, 15) is 9.90 Å². The smallest absolute Gasteiger partial charge is 0.331 e. The summed E-state index contributed by atoms with van der Waals surface area (Å²) in [4.78, 5) is 11.2. The van der Waals surface area contributed by atoms with Gasteiger partial charge in [0.15, 0.2) is 11.4 Å². The van der Waals surface area contributed by atoms with Crippen molar-refractivity contribution in [1.82, 2.24) is 20.2 Å². The second-order valence-electron chi connectivity index (χ2n) is 4.02. The summed E-state index contributed by atoms with van der Waals surface area (Å²) >= 11 is 13.0. The van der Waals surface area contributed by atoms with Crippen molar-refractivity contribution >= 4 is 40.5 Å². The number of aliphatic carboxylic acids is 1. The van der Waals surface area contributed by atoms with Gasteiger partial charge in [-0.15, -0.1) is 16.4 Å². The zero-order chi connectivity index (χ0) is 13.5. The Morgan fingerprint density at radius 3 is 2.67 bits per heavy atom. The van der Waals surface area contributed by atoms with Gasteiger partial charge in [0, 0.05) is 0 Å². The molecule has 0 spiro atoms. The third kappa shape index (κ3) is 2.09. The van der Waals surface area contributed by atoms with Crippen LogP contribution in [0.2, 0.25) is 8.67 Å². The predicted molar refractivity (Wildman–Crippen MR) is 68.1 cm³/mol. The molecule has 0 fully saturated rings. The Balaban J connectivity index is 2.59. The first-order chi connectivity index (χ1) is 8.34. The number of hydrogen-bond donors (Lipinski definition) is 1. The van der Waals surface area contributed by atoms with E-state index in [1.165, 1.54) is 29.9 Å². The van der Waals surface area contributed by atoms with Gasteiger partial charge >= 0.3 is 5.97 Å². The van der Waals surface area contributed by atoms with Crippen LogP contribution in [0, 0.1) is 0 Å². The highest BCUT2D eigenvalue weighted by atomic mass is 35.5. The van der Waals surface area contributed by atoms with Gasteiger partial charge < -0.3 is 5.11 Å². The summed E-state index contributed by atoms with van der Waals surface area (Å²) in [7, 11) is 0. The Bertz CT molecular complexity index is 607. The number of aromatic nitrogens is 4. The van der Waals surface area contributed by atoms with Gasteiger partial charge in [-0.3, -0.25) is 0 Å². The number of rotatable bonds is 3. The van der Waals surface area contributed by atoms with Gasteiger partial charge in [-0.2, -0.15) is 0 Å². The van der Waals surface area contributed by atoms with Crippen LogP contribution in [0.1, 0.15) is 13.8 Å². The number of carboxylic acid groups (broad SMARTS) is 1. The topological polar surface area (TPSA) is 80.9 Å². The monoisotopic (exact) mass is 306 g/mol. The fourth-order valence-corrected chi connectivity index (χ4v) is 2.77. The summed E-state index contributed by atoms with van der Waals surface area (Å²) in [6.07, 6.45) is 0. The molecule has 2 aromatic rings. The van der Waals surface area contributed by atoms with Gasteiger partial charge in [-0.1, -0.05) is 23.2 Å². The molecular weight excluding hydrogens is 299 g/mol. The molecule has 0 aliphatic heterocycles. The van der Waals surface area contributed by atoms with Crippen molar-refractivity contribution in [2.24, 2.45) is 0 Å². The van der Waals surface area contributed by atoms with Gasteiger partial charge in [0.1, 0.15) is 4.34 Å². The van der Waals surface area contributed by atoms with Crippen LogP contribution in [0.4, 0.5) is 0 Å². The molecule has 96 valence electrons. The molecule has 6 nitrogen and oxygen atoms in total. The fraction of sp³-hybridized carbons (Fsp3) is 0.333. The zero-order valence-electron chi connectivity index (χ0n) is 9.39. The number of hydrogen-bond acceptors (Lipinski definition) is 5. The first-order valence-electron chi connectivity index (χ1n) is 4.81. The minimum Gasteiger partial charge on any atom is -0.479 e. The van der Waals surface area contributed by atoms with Crippen molar-refractivity contribution in [3.05, 3.63) is 14.7 Å². The lowest BCUT2D eigenvalue weighted by Gasteiger charge is -2.20. The van der Waals surface area contributed by atoms with E-state index in [-0.39, 0.29) is 5.82 Å². The average molecular weight is 307 g/mol. The fourth-order valence-electron chi connectivity index (χ4n) is 1.31. The van der Waals surface area contributed by atoms with Gasteiger partial charge in [0.2, 0.25) is 0 Å². The highest BCUT2D eigenvalue weighted by molar-refractivity contribution is 7.20. The lowest BCUT2D eigenvalue weighted by molar-refractivity contribution is -0.146. The molecule has 2 aromatic heterocycles. The molecule has 0 saturated carbocycles. The van der Waals surface area contributed by atoms with E-state index in [0.29, 0.717) is 14.2 Å². The van der Waals surface area contributed by atoms with Crippen LogP contribution < -0.4 is 0 Å². The summed E-state index contributed by atoms with van der Waals surface area (Å²) in [5.41, 5.74) is -0.762. The second-order valence-corrected chi connectivity index (χ2v) is 6.30. The first kappa shape index (κ1) is 13.3. The standard InChI is InChI=1S/C9H8Cl2N4O2S/c1-9(2,8(16)17)15-7(12-13-14-15)4-3-5(10)18-6(4)11/h3H,1-2H3,(H,16,17). The third-order valence-corrected chi connectivity index (χ3v) is 3.91. The molecule has 2 rings (SSSR count). The molecule has 0 saturated heterocycles. The molecule has 9 heteroatoms. The van der Waals surface area contributed by atoms with Crippen LogP contribution in [0.25, 0.3) is 11.4 Å². The average Bonchev–Trinajstić information content (AvgIpc) is 2.84. The molecule has 0 amide bonds. The Morgan fingerprint density at radius 2 is 2.17 bits per heavy atom. The van der Waals surface area contributed by atoms with E-state index in [1.807, 2.05) is 0 Å². The molecular formula is C9H8Cl2N4O2S. The lowest BCUT2D eigenvalue weighted by Crippen LogP contribution is -2.37. The van der Waals surface area contributed by atoms with Crippen molar-refractivity contribution in [2.75, 3.05) is 0 Å². The highest BCUT2D eigenvalue weighted by Gasteiger charge is 2.34. The molecule has 0 unspecified atom stereocenters. The largest absolute Gasteiger partial charge is 0.479 e. The quantitative estimate of drug-likeness (QED) is 0.942. The summed E-state index contributed by atoms with van der Waals surface area (Å²) in [5, 5.41) is 20.2. The lowest BCUT2D eigenvalue weighted by atomic mass is 10.1. The summed E-state index contributed by atoms with van der Waals surface area (Å²) < 4.78 is 2.11. The maximum absolute atomic E-state index is 11.2. The van der Waals surface area contributed by atoms with Crippen molar-refractivity contribution in [1.29, 1.82) is 0 Å². The Labute approximate surface area is 116 Å². The van der Waals surface area contributed by atoms with Crippen molar-refractivity contribution in [2.45, 2.75) is 19.4 Å². The molecule has 0 bridgehead atoms. The first-order valence-corrected chi connectivity index (χ1v) is 6.38. The number of thiophene rings is 1. The Kier molecular flexibility index (Phi) is 3.31. The van der Waals surface area contributed by atoms with Crippen molar-refractivity contribution in [3.8, 4) is 11.4 Å². The van der Waals surface area contributed by atoms with Crippen LogP contribution in [0.15, 0.2) is 6.07 Å². The molecule has 0 aromatic carbocycles. The maximum atomic E-state index is 11.2. The van der Waals surface area contributed by atoms with Crippen LogP contribution >= 0.6 is 34.5 Å². The summed E-state index contributed by atoms with van der Waals surface area (Å²) in [6, 6.07) is 1.61. The number of carbonyl (C=O) groups is 1. The number of tetrazole rings is 1. The van der Waals surface area contributed by atoms with E-state index < -0.39 is 11.5 Å². The van der Waals surface area contributed by atoms with Crippen LogP contribution in [0.5, 0.6) is 0 Å². The Morgan fingerprint density at radius 1 is 1.50 bits per heavy atom. The maximum Gasteiger partial charge on any atom is 0.331 e. The van der Waals surface area contributed by atoms with Crippen LogP contribution in [-0.4, -0.2) is 31.3 Å².